The number of Topliss-reactive ketones (excluding diaryl/α,β-unsaturated/α-hetero) is 1. The number of nitrogens with zero attached hydrogens (tertiary/aromatic N) is 2. The van der Waals surface area contributed by atoms with E-state index in [0.29, 0.717) is 20.5 Å². The average Bonchev–Trinajstić information content (AvgIpc) is 3.39. The number of H-pyrrole nitrogens is 1. The Morgan fingerprint density at radius 3 is 2.55 bits per heavy atom. The van der Waals surface area contributed by atoms with Gasteiger partial charge in [0.2, 0.25) is 0 Å². The molecule has 2 aromatic carbocycles. The molecule has 0 aliphatic heterocycles. The number of hydrogen-bond donors (Lipinski definition) is 1. The van der Waals surface area contributed by atoms with Crippen molar-refractivity contribution < 1.29 is 9.53 Å². The van der Waals surface area contributed by atoms with Gasteiger partial charge in [0.1, 0.15) is 5.75 Å². The minimum Gasteiger partial charge on any atom is -0.497 e. The average molecular weight is 403 g/mol. The molecule has 4 aromatic rings. The molecular weight excluding hydrogens is 386 g/mol. The van der Waals surface area contributed by atoms with Crippen molar-refractivity contribution in [3.63, 3.8) is 0 Å². The van der Waals surface area contributed by atoms with Crippen LogP contribution in [0, 0.1) is 0 Å². The first-order valence-corrected chi connectivity index (χ1v) is 9.63. The standard InChI is InChI=1S/C22H17N3O3S/c1-28-18-8-4-16(5-9-18)19(26)13-21-24-22(27)20(29-21)12-15-2-6-17(7-3-15)25-11-10-23-14-25/h2-14H,1H3,(H,24,27). The molecule has 0 saturated carbocycles. The zero-order valence-electron chi connectivity index (χ0n) is 15.5. The second kappa shape index (κ2) is 8.12. The monoisotopic (exact) mass is 403 g/mol. The van der Waals surface area contributed by atoms with Crippen LogP contribution in [-0.2, 0) is 0 Å². The number of benzene rings is 2. The Morgan fingerprint density at radius 2 is 1.90 bits per heavy atom. The van der Waals surface area contributed by atoms with Crippen molar-refractivity contribution in [2.45, 2.75) is 0 Å². The third-order valence-electron chi connectivity index (χ3n) is 4.31. The topological polar surface area (TPSA) is 77.0 Å². The Hall–Kier alpha value is -3.71. The number of nitrogens with one attached hydrogen (secondary N) is 1. The number of ether oxygens (including phenoxy) is 1. The van der Waals surface area contributed by atoms with E-state index in [1.807, 2.05) is 35.0 Å². The van der Waals surface area contributed by atoms with E-state index < -0.39 is 0 Å². The minimum atomic E-state index is -0.220. The zero-order chi connectivity index (χ0) is 20.2. The summed E-state index contributed by atoms with van der Waals surface area (Å²) in [6, 6.07) is 14.6. The third kappa shape index (κ3) is 4.25. The fraction of sp³-hybridized carbons (Fsp3) is 0.0455. The molecule has 0 unspecified atom stereocenters. The second-order valence-corrected chi connectivity index (χ2v) is 7.31. The van der Waals surface area contributed by atoms with Crippen molar-refractivity contribution in [3.05, 3.63) is 97.9 Å². The lowest BCUT2D eigenvalue weighted by Gasteiger charge is -2.01. The van der Waals surface area contributed by atoms with E-state index in [2.05, 4.69) is 9.97 Å². The number of hydrogen-bond acceptors (Lipinski definition) is 5. The van der Waals surface area contributed by atoms with Gasteiger partial charge in [-0.2, -0.15) is 0 Å². The molecule has 0 bridgehead atoms. The lowest BCUT2D eigenvalue weighted by Crippen LogP contribution is -2.20. The fourth-order valence-corrected chi connectivity index (χ4v) is 3.67. The van der Waals surface area contributed by atoms with Gasteiger partial charge in [-0.25, -0.2) is 4.98 Å². The molecule has 0 spiro atoms. The number of aromatic nitrogens is 3. The number of aromatic amines is 1. The number of methoxy groups -OCH3 is 1. The number of thiazole rings is 1. The number of carbonyl (C=O) groups is 1. The van der Waals surface area contributed by atoms with Gasteiger partial charge in [0.05, 0.1) is 22.6 Å². The van der Waals surface area contributed by atoms with Crippen LogP contribution in [0.4, 0.5) is 0 Å². The van der Waals surface area contributed by atoms with Crippen LogP contribution < -0.4 is 19.5 Å². The van der Waals surface area contributed by atoms with E-state index in [0.717, 1.165) is 11.3 Å². The fourth-order valence-electron chi connectivity index (χ4n) is 2.79. The van der Waals surface area contributed by atoms with Gasteiger partial charge >= 0.3 is 0 Å². The maximum Gasteiger partial charge on any atom is 0.266 e. The lowest BCUT2D eigenvalue weighted by molar-refractivity contribution is 0.106. The van der Waals surface area contributed by atoms with E-state index in [9.17, 15) is 9.59 Å². The number of ketones is 1. The molecule has 1 N–H and O–H groups in total. The SMILES string of the molecule is COc1ccc(C(=O)C=c2[nH]c(=O)c(=Cc3ccc(-n4ccnc4)cc3)s2)cc1. The highest BCUT2D eigenvalue weighted by atomic mass is 32.1. The number of imidazole rings is 1. The molecule has 144 valence electrons. The van der Waals surface area contributed by atoms with Crippen molar-refractivity contribution in [2.24, 2.45) is 0 Å². The number of rotatable bonds is 5. The summed E-state index contributed by atoms with van der Waals surface area (Å²) in [7, 11) is 1.57. The molecule has 0 fully saturated rings. The van der Waals surface area contributed by atoms with Gasteiger partial charge < -0.3 is 14.3 Å². The zero-order valence-corrected chi connectivity index (χ0v) is 16.3. The summed E-state index contributed by atoms with van der Waals surface area (Å²) < 4.78 is 8.05. The van der Waals surface area contributed by atoms with Crippen molar-refractivity contribution in [1.82, 2.24) is 14.5 Å². The van der Waals surface area contributed by atoms with Crippen molar-refractivity contribution in [3.8, 4) is 11.4 Å². The molecule has 6 nitrogen and oxygen atoms in total. The predicted molar refractivity (Wildman–Crippen MR) is 113 cm³/mol. The highest BCUT2D eigenvalue weighted by molar-refractivity contribution is 7.07. The predicted octanol–water partition coefficient (Wildman–Crippen LogP) is 2.12. The van der Waals surface area contributed by atoms with Crippen LogP contribution in [0.25, 0.3) is 17.8 Å². The molecule has 2 heterocycles. The van der Waals surface area contributed by atoms with Gasteiger partial charge in [-0.05, 0) is 48.0 Å². The molecule has 4 rings (SSSR count). The van der Waals surface area contributed by atoms with Gasteiger partial charge in [-0.1, -0.05) is 12.1 Å². The summed E-state index contributed by atoms with van der Waals surface area (Å²) in [6.45, 7) is 0. The molecule has 0 atom stereocenters. The summed E-state index contributed by atoms with van der Waals surface area (Å²) in [5.41, 5.74) is 2.19. The van der Waals surface area contributed by atoms with Crippen LogP contribution in [0.3, 0.4) is 0 Å². The van der Waals surface area contributed by atoms with E-state index >= 15 is 0 Å². The first-order valence-electron chi connectivity index (χ1n) is 8.82. The van der Waals surface area contributed by atoms with Crippen LogP contribution >= 0.6 is 11.3 Å². The lowest BCUT2D eigenvalue weighted by atomic mass is 10.1. The van der Waals surface area contributed by atoms with Gasteiger partial charge in [-0.15, -0.1) is 11.3 Å². The smallest absolute Gasteiger partial charge is 0.266 e. The Bertz CT molecular complexity index is 1300. The normalized spacial score (nSPS) is 12.3. The molecular formula is C22H17N3O3S. The van der Waals surface area contributed by atoms with Crippen LogP contribution in [0.15, 0.2) is 72.0 Å². The molecule has 0 aliphatic carbocycles. The van der Waals surface area contributed by atoms with Gasteiger partial charge in [0, 0.05) is 29.7 Å². The molecule has 0 amide bonds. The van der Waals surface area contributed by atoms with Crippen LogP contribution in [-0.4, -0.2) is 27.4 Å². The maximum absolute atomic E-state index is 12.4. The molecule has 0 radical (unpaired) electrons. The van der Waals surface area contributed by atoms with Crippen molar-refractivity contribution in [2.75, 3.05) is 7.11 Å². The summed E-state index contributed by atoms with van der Waals surface area (Å²) in [6.07, 6.45) is 8.55. The Labute approximate surface area is 170 Å². The van der Waals surface area contributed by atoms with E-state index in [-0.39, 0.29) is 11.3 Å². The minimum absolute atomic E-state index is 0.179. The van der Waals surface area contributed by atoms with Crippen molar-refractivity contribution >= 4 is 29.3 Å². The molecule has 0 saturated heterocycles. The highest BCUT2D eigenvalue weighted by Crippen LogP contribution is 2.12. The van der Waals surface area contributed by atoms with E-state index in [4.69, 9.17) is 4.74 Å². The third-order valence-corrected chi connectivity index (χ3v) is 5.27. The van der Waals surface area contributed by atoms with Crippen molar-refractivity contribution in [1.29, 1.82) is 0 Å². The van der Waals surface area contributed by atoms with Crippen LogP contribution in [0.1, 0.15) is 15.9 Å². The van der Waals surface area contributed by atoms with Crippen LogP contribution in [0.2, 0.25) is 0 Å². The Balaban J connectivity index is 1.60. The Kier molecular flexibility index (Phi) is 5.22. The van der Waals surface area contributed by atoms with E-state index in [1.165, 1.54) is 17.4 Å². The summed E-state index contributed by atoms with van der Waals surface area (Å²) in [5, 5.41) is 0. The van der Waals surface area contributed by atoms with Gasteiger partial charge in [-0.3, -0.25) is 9.59 Å². The molecule has 29 heavy (non-hydrogen) atoms. The Morgan fingerprint density at radius 1 is 1.14 bits per heavy atom. The maximum atomic E-state index is 12.4. The molecule has 0 aliphatic rings. The molecule has 2 aromatic heterocycles. The molecule has 7 heteroatoms. The quantitative estimate of drug-likeness (QED) is 0.518. The van der Waals surface area contributed by atoms with Crippen LogP contribution in [0.5, 0.6) is 5.75 Å². The number of carbonyl (C=O) groups excluding carboxylic acids is 1. The summed E-state index contributed by atoms with van der Waals surface area (Å²) in [5.74, 6) is 0.503. The second-order valence-electron chi connectivity index (χ2n) is 6.23. The van der Waals surface area contributed by atoms with Gasteiger partial charge in [0.15, 0.2) is 5.78 Å². The summed E-state index contributed by atoms with van der Waals surface area (Å²) >= 11 is 1.25. The highest BCUT2D eigenvalue weighted by Gasteiger charge is 2.04. The largest absolute Gasteiger partial charge is 0.497 e. The summed E-state index contributed by atoms with van der Waals surface area (Å²) in [4.78, 5) is 31.4. The first kappa shape index (κ1) is 18.6. The van der Waals surface area contributed by atoms with E-state index in [1.54, 1.807) is 50.0 Å². The first-order chi connectivity index (χ1) is 14.1. The van der Waals surface area contributed by atoms with Gasteiger partial charge in [0.25, 0.3) is 5.56 Å².